The highest BCUT2D eigenvalue weighted by Gasteiger charge is 2.12. The van der Waals surface area contributed by atoms with E-state index in [2.05, 4.69) is 20.6 Å². The minimum atomic E-state index is -3.72. The number of rotatable bonds is 6. The van der Waals surface area contributed by atoms with E-state index in [0.717, 1.165) is 16.1 Å². The number of hydrogen-bond acceptors (Lipinski definition) is 7. The fourth-order valence-electron chi connectivity index (χ4n) is 2.28. The minimum absolute atomic E-state index is 0.0336. The van der Waals surface area contributed by atoms with Crippen LogP contribution >= 0.6 is 11.3 Å². The number of nitrogens with one attached hydrogen (secondary N) is 2. The Kier molecular flexibility index (Phi) is 5.49. The molecule has 140 valence electrons. The van der Waals surface area contributed by atoms with Crippen molar-refractivity contribution in [2.75, 3.05) is 12.4 Å². The van der Waals surface area contributed by atoms with Crippen LogP contribution in [0.3, 0.4) is 0 Å². The highest BCUT2D eigenvalue weighted by molar-refractivity contribution is 7.89. The molecule has 0 fully saturated rings. The molecular formula is C17H17N5O3S2. The van der Waals surface area contributed by atoms with E-state index in [0.29, 0.717) is 10.8 Å². The third kappa shape index (κ3) is 4.67. The van der Waals surface area contributed by atoms with Crippen LogP contribution < -0.4 is 15.8 Å². The molecule has 3 rings (SSSR count). The molecule has 0 saturated carbocycles. The molecule has 3 aromatic rings. The Labute approximate surface area is 160 Å². The van der Waals surface area contributed by atoms with E-state index in [1.165, 1.54) is 23.5 Å². The second-order valence-electron chi connectivity index (χ2n) is 5.55. The Morgan fingerprint density at radius 2 is 1.89 bits per heavy atom. The van der Waals surface area contributed by atoms with Crippen LogP contribution in [-0.4, -0.2) is 31.3 Å². The lowest BCUT2D eigenvalue weighted by molar-refractivity contribution is 0.0955. The van der Waals surface area contributed by atoms with Gasteiger partial charge in [-0.05, 0) is 35.9 Å². The molecule has 27 heavy (non-hydrogen) atoms. The lowest BCUT2D eigenvalue weighted by Crippen LogP contribution is -2.21. The summed E-state index contributed by atoms with van der Waals surface area (Å²) in [5.74, 6) is 0.291. The van der Waals surface area contributed by atoms with Crippen LogP contribution in [0.15, 0.2) is 53.6 Å². The molecule has 0 aliphatic rings. The standard InChI is InChI=1S/C17H17N5O3S2/c1-19-17-20-9-8-13(22-17)14-6-7-15(26-14)16(23)21-10-11-2-4-12(5-3-11)27(18,24)25/h2-9H,10H2,1H3,(H,21,23)(H2,18,24,25)(H,19,20,22). The van der Waals surface area contributed by atoms with Crippen LogP contribution in [0.4, 0.5) is 5.95 Å². The Bertz CT molecular complexity index is 1060. The van der Waals surface area contributed by atoms with Crippen LogP contribution in [0.1, 0.15) is 15.2 Å². The zero-order valence-corrected chi connectivity index (χ0v) is 16.0. The predicted molar refractivity (Wildman–Crippen MR) is 104 cm³/mol. The molecule has 1 amide bonds. The summed E-state index contributed by atoms with van der Waals surface area (Å²) in [5, 5.41) is 10.7. The Hall–Kier alpha value is -2.82. The zero-order chi connectivity index (χ0) is 19.4. The van der Waals surface area contributed by atoms with Gasteiger partial charge in [0.2, 0.25) is 16.0 Å². The molecule has 0 aliphatic heterocycles. The summed E-state index contributed by atoms with van der Waals surface area (Å²) in [5.41, 5.74) is 1.50. The van der Waals surface area contributed by atoms with Gasteiger partial charge in [-0.25, -0.2) is 23.5 Å². The number of aromatic nitrogens is 2. The van der Waals surface area contributed by atoms with Crippen LogP contribution in [0.25, 0.3) is 10.6 Å². The van der Waals surface area contributed by atoms with E-state index in [-0.39, 0.29) is 17.3 Å². The molecule has 1 aromatic carbocycles. The van der Waals surface area contributed by atoms with Crippen molar-refractivity contribution in [3.63, 3.8) is 0 Å². The van der Waals surface area contributed by atoms with Gasteiger partial charge in [-0.3, -0.25) is 4.79 Å². The van der Waals surface area contributed by atoms with Crippen molar-refractivity contribution in [1.82, 2.24) is 15.3 Å². The van der Waals surface area contributed by atoms with E-state index in [9.17, 15) is 13.2 Å². The Morgan fingerprint density at radius 3 is 2.56 bits per heavy atom. The molecule has 0 unspecified atom stereocenters. The number of sulfonamides is 1. The fraction of sp³-hybridized carbons (Fsp3) is 0.118. The zero-order valence-electron chi connectivity index (χ0n) is 14.3. The molecule has 2 heterocycles. The van der Waals surface area contributed by atoms with Crippen LogP contribution in [-0.2, 0) is 16.6 Å². The summed E-state index contributed by atoms with van der Waals surface area (Å²) in [6.45, 7) is 0.272. The quantitative estimate of drug-likeness (QED) is 0.576. The molecule has 0 aliphatic carbocycles. The number of nitrogens with zero attached hydrogens (tertiary/aromatic N) is 2. The number of carbonyl (C=O) groups excluding carboxylic acids is 1. The molecule has 0 saturated heterocycles. The number of benzene rings is 1. The highest BCUT2D eigenvalue weighted by atomic mass is 32.2. The first-order valence-electron chi connectivity index (χ1n) is 7.88. The minimum Gasteiger partial charge on any atom is -0.357 e. The van der Waals surface area contributed by atoms with Gasteiger partial charge in [0.05, 0.1) is 20.3 Å². The molecule has 0 radical (unpaired) electrons. The van der Waals surface area contributed by atoms with E-state index in [4.69, 9.17) is 5.14 Å². The first-order valence-corrected chi connectivity index (χ1v) is 10.2. The Balaban J connectivity index is 1.66. The first kappa shape index (κ1) is 19.0. The average molecular weight is 403 g/mol. The number of carbonyl (C=O) groups is 1. The van der Waals surface area contributed by atoms with Crippen molar-refractivity contribution in [2.45, 2.75) is 11.4 Å². The molecular weight excluding hydrogens is 386 g/mol. The first-order chi connectivity index (χ1) is 12.9. The van der Waals surface area contributed by atoms with Crippen molar-refractivity contribution < 1.29 is 13.2 Å². The van der Waals surface area contributed by atoms with Crippen molar-refractivity contribution in [3.8, 4) is 10.6 Å². The number of hydrogen-bond donors (Lipinski definition) is 3. The van der Waals surface area contributed by atoms with Crippen molar-refractivity contribution in [2.24, 2.45) is 5.14 Å². The summed E-state index contributed by atoms with van der Waals surface area (Å²) in [7, 11) is -1.99. The highest BCUT2D eigenvalue weighted by Crippen LogP contribution is 2.27. The van der Waals surface area contributed by atoms with Crippen molar-refractivity contribution in [1.29, 1.82) is 0 Å². The summed E-state index contributed by atoms with van der Waals surface area (Å²) >= 11 is 1.33. The smallest absolute Gasteiger partial charge is 0.261 e. The van der Waals surface area contributed by atoms with Crippen LogP contribution in [0, 0.1) is 0 Å². The van der Waals surface area contributed by atoms with Gasteiger partial charge < -0.3 is 10.6 Å². The molecule has 0 spiro atoms. The number of thiophene rings is 1. The Morgan fingerprint density at radius 1 is 1.15 bits per heavy atom. The van der Waals surface area contributed by atoms with Gasteiger partial charge in [0.15, 0.2) is 0 Å². The van der Waals surface area contributed by atoms with E-state index >= 15 is 0 Å². The summed E-state index contributed by atoms with van der Waals surface area (Å²) in [6.07, 6.45) is 1.65. The summed E-state index contributed by atoms with van der Waals surface area (Å²) in [4.78, 5) is 22.2. The molecule has 10 heteroatoms. The number of anilines is 1. The maximum absolute atomic E-state index is 12.4. The summed E-state index contributed by atoms with van der Waals surface area (Å²) < 4.78 is 22.5. The SMILES string of the molecule is CNc1nccc(-c2ccc(C(=O)NCc3ccc(S(N)(=O)=O)cc3)s2)n1. The number of primary sulfonamides is 1. The van der Waals surface area contributed by atoms with Gasteiger partial charge in [0.25, 0.3) is 5.91 Å². The maximum atomic E-state index is 12.4. The van der Waals surface area contributed by atoms with E-state index < -0.39 is 10.0 Å². The second-order valence-corrected chi connectivity index (χ2v) is 8.20. The molecule has 4 N–H and O–H groups in total. The van der Waals surface area contributed by atoms with Crippen molar-refractivity contribution in [3.05, 3.63) is 59.1 Å². The molecule has 0 atom stereocenters. The number of nitrogens with two attached hydrogens (primary N) is 1. The van der Waals surface area contributed by atoms with Gasteiger partial charge in [-0.15, -0.1) is 11.3 Å². The monoisotopic (exact) mass is 403 g/mol. The molecule has 0 bridgehead atoms. The van der Waals surface area contributed by atoms with Gasteiger partial charge in [0.1, 0.15) is 0 Å². The van der Waals surface area contributed by atoms with Gasteiger partial charge in [-0.1, -0.05) is 12.1 Å². The van der Waals surface area contributed by atoms with Gasteiger partial charge in [0, 0.05) is 19.8 Å². The second kappa shape index (κ2) is 7.82. The third-order valence-corrected chi connectivity index (χ3v) is 5.70. The van der Waals surface area contributed by atoms with E-state index in [1.54, 1.807) is 37.5 Å². The average Bonchev–Trinajstić information content (AvgIpc) is 3.16. The van der Waals surface area contributed by atoms with Gasteiger partial charge >= 0.3 is 0 Å². The predicted octanol–water partition coefficient (Wildman–Crippen LogP) is 1.82. The topological polar surface area (TPSA) is 127 Å². The molecule has 8 nitrogen and oxygen atoms in total. The normalized spacial score (nSPS) is 11.2. The summed E-state index contributed by atoms with van der Waals surface area (Å²) in [6, 6.07) is 11.4. The van der Waals surface area contributed by atoms with Crippen molar-refractivity contribution >= 4 is 33.2 Å². The molecule has 2 aromatic heterocycles. The van der Waals surface area contributed by atoms with Crippen LogP contribution in [0.5, 0.6) is 0 Å². The largest absolute Gasteiger partial charge is 0.357 e. The lowest BCUT2D eigenvalue weighted by atomic mass is 10.2. The fourth-order valence-corrected chi connectivity index (χ4v) is 3.69. The van der Waals surface area contributed by atoms with E-state index in [1.807, 2.05) is 6.07 Å². The third-order valence-electron chi connectivity index (χ3n) is 3.67. The number of amides is 1. The maximum Gasteiger partial charge on any atom is 0.261 e. The lowest BCUT2D eigenvalue weighted by Gasteiger charge is -2.05. The van der Waals surface area contributed by atoms with Gasteiger partial charge in [-0.2, -0.15) is 0 Å². The van der Waals surface area contributed by atoms with Crippen LogP contribution in [0.2, 0.25) is 0 Å².